The van der Waals surface area contributed by atoms with Crippen LogP contribution in [0.5, 0.6) is 0 Å². The lowest BCUT2D eigenvalue weighted by atomic mass is 10.1. The maximum atomic E-state index is 13.5. The Morgan fingerprint density at radius 2 is 1.70 bits per heavy atom. The smallest absolute Gasteiger partial charge is 0.221 e. The number of benzene rings is 2. The second-order valence-corrected chi connectivity index (χ2v) is 8.96. The molecule has 1 aliphatic heterocycles. The number of nitrogens with zero attached hydrogens (tertiary/aromatic N) is 4. The Bertz CT molecular complexity index is 1110. The molecule has 2 heterocycles. The molecule has 1 saturated heterocycles. The number of aromatic nitrogens is 3. The Balaban J connectivity index is 1.51. The molecule has 0 saturated carbocycles. The molecule has 0 unspecified atom stereocenters. The summed E-state index contributed by atoms with van der Waals surface area (Å²) in [5, 5.41) is 12.0. The predicted molar refractivity (Wildman–Crippen MR) is 126 cm³/mol. The van der Waals surface area contributed by atoms with E-state index in [4.69, 9.17) is 0 Å². The Morgan fingerprint density at radius 1 is 1.00 bits per heavy atom. The molecule has 3 aromatic rings. The molecule has 7 nitrogen and oxygen atoms in total. The van der Waals surface area contributed by atoms with Gasteiger partial charge in [0.05, 0.1) is 12.3 Å². The summed E-state index contributed by atoms with van der Waals surface area (Å²) in [6.45, 7) is 4.13. The number of nitrogens with one attached hydrogen (secondary N) is 1. The molecule has 172 valence electrons. The van der Waals surface area contributed by atoms with Gasteiger partial charge in [0.2, 0.25) is 5.91 Å². The number of carbonyl (C=O) groups excluding carboxylic acids is 2. The second-order valence-electron chi connectivity index (χ2n) is 8.02. The molecular weight excluding hydrogens is 441 g/mol. The van der Waals surface area contributed by atoms with Crippen molar-refractivity contribution < 1.29 is 14.0 Å². The monoisotopic (exact) mass is 467 g/mol. The van der Waals surface area contributed by atoms with Gasteiger partial charge >= 0.3 is 0 Å². The van der Waals surface area contributed by atoms with E-state index in [1.54, 1.807) is 36.4 Å². The van der Waals surface area contributed by atoms with Crippen LogP contribution in [0.2, 0.25) is 0 Å². The fraction of sp³-hybridized carbons (Fsp3) is 0.333. The summed E-state index contributed by atoms with van der Waals surface area (Å²) in [7, 11) is 0. The van der Waals surface area contributed by atoms with Crippen molar-refractivity contribution in [2.45, 2.75) is 37.9 Å². The van der Waals surface area contributed by atoms with Crippen molar-refractivity contribution in [3.8, 4) is 5.69 Å². The van der Waals surface area contributed by atoms with Crippen LogP contribution in [0.25, 0.3) is 5.69 Å². The van der Waals surface area contributed by atoms with E-state index in [1.165, 1.54) is 50.1 Å². The first kappa shape index (κ1) is 23.1. The van der Waals surface area contributed by atoms with Crippen LogP contribution in [0.3, 0.4) is 0 Å². The topological polar surface area (TPSA) is 80.1 Å². The zero-order valence-corrected chi connectivity index (χ0v) is 19.3. The molecule has 2 aromatic carbocycles. The predicted octanol–water partition coefficient (Wildman–Crippen LogP) is 4.33. The number of halogens is 1. The van der Waals surface area contributed by atoms with Gasteiger partial charge in [-0.2, -0.15) is 0 Å². The van der Waals surface area contributed by atoms with Crippen molar-refractivity contribution in [2.75, 3.05) is 24.2 Å². The number of piperidine rings is 1. The minimum absolute atomic E-state index is 0.0550. The molecule has 0 atom stereocenters. The summed E-state index contributed by atoms with van der Waals surface area (Å²) in [6.07, 6.45) is 3.58. The fourth-order valence-corrected chi connectivity index (χ4v) is 4.68. The Hall–Kier alpha value is -3.04. The Kier molecular flexibility index (Phi) is 7.51. The van der Waals surface area contributed by atoms with E-state index in [2.05, 4.69) is 20.4 Å². The number of Topliss-reactive ketones (excluding diaryl/α,β-unsaturated/α-hetero) is 1. The van der Waals surface area contributed by atoms with Crippen LogP contribution in [0.15, 0.2) is 53.7 Å². The van der Waals surface area contributed by atoms with Gasteiger partial charge in [0, 0.05) is 23.9 Å². The van der Waals surface area contributed by atoms with Gasteiger partial charge in [-0.3, -0.25) is 19.1 Å². The molecule has 0 aliphatic carbocycles. The number of ketones is 1. The molecule has 9 heteroatoms. The Morgan fingerprint density at radius 3 is 2.36 bits per heavy atom. The van der Waals surface area contributed by atoms with Crippen molar-refractivity contribution in [3.63, 3.8) is 0 Å². The fourth-order valence-electron chi connectivity index (χ4n) is 3.82. The molecule has 1 amide bonds. The van der Waals surface area contributed by atoms with E-state index >= 15 is 0 Å². The average Bonchev–Trinajstić information content (AvgIpc) is 3.21. The summed E-state index contributed by atoms with van der Waals surface area (Å²) in [5.41, 5.74) is 1.96. The summed E-state index contributed by atoms with van der Waals surface area (Å²) >= 11 is 1.30. The number of hydrogen-bond donors (Lipinski definition) is 1. The third-order valence-corrected chi connectivity index (χ3v) is 6.39. The number of anilines is 1. The summed E-state index contributed by atoms with van der Waals surface area (Å²) in [4.78, 5) is 26.3. The van der Waals surface area contributed by atoms with Crippen LogP contribution in [-0.4, -0.2) is 50.2 Å². The minimum atomic E-state index is -0.309. The van der Waals surface area contributed by atoms with Crippen LogP contribution in [-0.2, 0) is 11.3 Å². The van der Waals surface area contributed by atoms with E-state index in [1.807, 2.05) is 4.57 Å². The van der Waals surface area contributed by atoms with Gasteiger partial charge in [-0.05, 0) is 74.5 Å². The highest BCUT2D eigenvalue weighted by molar-refractivity contribution is 7.99. The molecule has 1 N–H and O–H groups in total. The quantitative estimate of drug-likeness (QED) is 0.393. The van der Waals surface area contributed by atoms with Gasteiger partial charge in [-0.1, -0.05) is 18.2 Å². The molecule has 33 heavy (non-hydrogen) atoms. The number of rotatable bonds is 8. The summed E-state index contributed by atoms with van der Waals surface area (Å²) < 4.78 is 15.4. The lowest BCUT2D eigenvalue weighted by molar-refractivity contribution is -0.114. The molecule has 0 bridgehead atoms. The van der Waals surface area contributed by atoms with Crippen molar-refractivity contribution in [1.29, 1.82) is 0 Å². The number of thioether (sulfide) groups is 1. The van der Waals surface area contributed by atoms with E-state index in [-0.39, 0.29) is 23.3 Å². The third kappa shape index (κ3) is 6.06. The van der Waals surface area contributed by atoms with Crippen molar-refractivity contribution in [2.24, 2.45) is 0 Å². The van der Waals surface area contributed by atoms with E-state index < -0.39 is 0 Å². The minimum Gasteiger partial charge on any atom is -0.326 e. The van der Waals surface area contributed by atoms with Gasteiger partial charge in [-0.15, -0.1) is 10.2 Å². The lowest BCUT2D eigenvalue weighted by Gasteiger charge is -2.26. The van der Waals surface area contributed by atoms with Gasteiger partial charge < -0.3 is 5.32 Å². The van der Waals surface area contributed by atoms with E-state index in [0.29, 0.717) is 23.0 Å². The average molecular weight is 468 g/mol. The number of carbonyl (C=O) groups is 2. The molecule has 1 fully saturated rings. The first-order valence-electron chi connectivity index (χ1n) is 11.0. The second kappa shape index (κ2) is 10.7. The van der Waals surface area contributed by atoms with Gasteiger partial charge in [0.1, 0.15) is 5.82 Å². The molecule has 4 rings (SSSR count). The maximum Gasteiger partial charge on any atom is 0.221 e. The van der Waals surface area contributed by atoms with Crippen molar-refractivity contribution in [1.82, 2.24) is 19.7 Å². The van der Waals surface area contributed by atoms with Gasteiger partial charge in [0.25, 0.3) is 0 Å². The van der Waals surface area contributed by atoms with E-state index in [9.17, 15) is 14.0 Å². The number of amides is 1. The third-order valence-electron chi connectivity index (χ3n) is 5.46. The molecule has 0 spiro atoms. The standard InChI is InChI=1S/C24H26FN5O2S/c1-17(31)26-20-9-5-18(6-10-20)22(32)16-33-24-28-27-23(15-29-13-3-2-4-14-29)30(24)21-11-7-19(25)8-12-21/h5-12H,2-4,13-16H2,1H3,(H,26,31). The Labute approximate surface area is 196 Å². The lowest BCUT2D eigenvalue weighted by Crippen LogP contribution is -2.30. The maximum absolute atomic E-state index is 13.5. The number of hydrogen-bond acceptors (Lipinski definition) is 6. The zero-order chi connectivity index (χ0) is 23.2. The van der Waals surface area contributed by atoms with Crippen molar-refractivity contribution in [3.05, 3.63) is 65.7 Å². The first-order valence-corrected chi connectivity index (χ1v) is 11.9. The van der Waals surface area contributed by atoms with Crippen LogP contribution in [0, 0.1) is 5.82 Å². The SMILES string of the molecule is CC(=O)Nc1ccc(C(=O)CSc2nnc(CN3CCCCC3)n2-c2ccc(F)cc2)cc1. The van der Waals surface area contributed by atoms with Crippen LogP contribution < -0.4 is 5.32 Å². The summed E-state index contributed by atoms with van der Waals surface area (Å²) in [6, 6.07) is 13.0. The molecule has 0 radical (unpaired) electrons. The summed E-state index contributed by atoms with van der Waals surface area (Å²) in [5.74, 6) is 0.433. The highest BCUT2D eigenvalue weighted by Gasteiger charge is 2.20. The first-order chi connectivity index (χ1) is 16.0. The number of likely N-dealkylation sites (tertiary alicyclic amines) is 1. The molecule has 1 aliphatic rings. The molecule has 1 aromatic heterocycles. The molecular formula is C24H26FN5O2S. The van der Waals surface area contributed by atoms with Crippen LogP contribution >= 0.6 is 11.8 Å². The van der Waals surface area contributed by atoms with Crippen LogP contribution in [0.1, 0.15) is 42.4 Å². The van der Waals surface area contributed by atoms with E-state index in [0.717, 1.165) is 24.6 Å². The normalized spacial score (nSPS) is 14.2. The van der Waals surface area contributed by atoms with Crippen LogP contribution in [0.4, 0.5) is 10.1 Å². The van der Waals surface area contributed by atoms with Gasteiger partial charge in [-0.25, -0.2) is 4.39 Å². The zero-order valence-electron chi connectivity index (χ0n) is 18.5. The highest BCUT2D eigenvalue weighted by Crippen LogP contribution is 2.25. The highest BCUT2D eigenvalue weighted by atomic mass is 32.2. The largest absolute Gasteiger partial charge is 0.326 e. The van der Waals surface area contributed by atoms with Crippen molar-refractivity contribution >= 4 is 29.1 Å². The van der Waals surface area contributed by atoms with Gasteiger partial charge in [0.15, 0.2) is 16.8 Å².